The largest absolute Gasteiger partial charge is 0.372 e. The number of nitrogens with zero attached hydrogens (tertiary/aromatic N) is 2. The van der Waals surface area contributed by atoms with Gasteiger partial charge in [-0.3, -0.25) is 4.90 Å². The van der Waals surface area contributed by atoms with Gasteiger partial charge >= 0.3 is 0 Å². The highest BCUT2D eigenvalue weighted by Crippen LogP contribution is 2.12. The van der Waals surface area contributed by atoms with Crippen LogP contribution in [0.3, 0.4) is 0 Å². The molecule has 1 rings (SSSR count). The fourth-order valence-corrected chi connectivity index (χ4v) is 1.44. The van der Waals surface area contributed by atoms with Crippen molar-refractivity contribution < 1.29 is 4.74 Å². The Morgan fingerprint density at radius 3 is 2.77 bits per heavy atom. The smallest absolute Gasteiger partial charge is 0.0936 e. The van der Waals surface area contributed by atoms with Crippen LogP contribution in [-0.4, -0.2) is 37.2 Å². The van der Waals surface area contributed by atoms with E-state index in [1.807, 2.05) is 0 Å². The molecule has 1 fully saturated rings. The number of hydrogen-bond donors (Lipinski definition) is 0. The first-order valence-electron chi connectivity index (χ1n) is 4.93. The standard InChI is InChI=1S/C10H18N2O/c1-9(2)6-12(5-3-4-11)7-10-8-13-10/h9-10H,3,5-8H2,1-2H3. The maximum atomic E-state index is 8.49. The van der Waals surface area contributed by atoms with Crippen LogP contribution in [0.2, 0.25) is 0 Å². The van der Waals surface area contributed by atoms with Crippen LogP contribution in [0, 0.1) is 17.2 Å². The summed E-state index contributed by atoms with van der Waals surface area (Å²) in [5.41, 5.74) is 0. The first kappa shape index (κ1) is 10.5. The zero-order valence-electron chi connectivity index (χ0n) is 8.49. The summed E-state index contributed by atoms with van der Waals surface area (Å²) < 4.78 is 5.18. The van der Waals surface area contributed by atoms with Crippen molar-refractivity contribution in [3.63, 3.8) is 0 Å². The van der Waals surface area contributed by atoms with Gasteiger partial charge in [0.25, 0.3) is 0 Å². The summed E-state index contributed by atoms with van der Waals surface area (Å²) in [7, 11) is 0. The second kappa shape index (κ2) is 5.21. The lowest BCUT2D eigenvalue weighted by Gasteiger charge is -2.21. The van der Waals surface area contributed by atoms with Crippen LogP contribution < -0.4 is 0 Å². The van der Waals surface area contributed by atoms with E-state index >= 15 is 0 Å². The maximum Gasteiger partial charge on any atom is 0.0936 e. The molecule has 0 spiro atoms. The van der Waals surface area contributed by atoms with E-state index in [4.69, 9.17) is 10.00 Å². The van der Waals surface area contributed by atoms with Crippen LogP contribution in [0.25, 0.3) is 0 Å². The molecule has 1 heterocycles. The molecule has 0 bridgehead atoms. The fraction of sp³-hybridized carbons (Fsp3) is 0.900. The van der Waals surface area contributed by atoms with E-state index in [9.17, 15) is 0 Å². The zero-order chi connectivity index (χ0) is 9.68. The van der Waals surface area contributed by atoms with Crippen molar-refractivity contribution in [1.82, 2.24) is 4.90 Å². The Kier molecular flexibility index (Phi) is 4.20. The monoisotopic (exact) mass is 182 g/mol. The molecular formula is C10H18N2O. The van der Waals surface area contributed by atoms with Crippen molar-refractivity contribution >= 4 is 0 Å². The summed E-state index contributed by atoms with van der Waals surface area (Å²) in [4.78, 5) is 2.32. The Bertz CT molecular complexity index is 178. The van der Waals surface area contributed by atoms with Gasteiger partial charge in [-0.1, -0.05) is 13.8 Å². The van der Waals surface area contributed by atoms with Gasteiger partial charge in [0.05, 0.1) is 18.8 Å². The molecule has 0 aromatic rings. The molecule has 0 aromatic carbocycles. The van der Waals surface area contributed by atoms with Gasteiger partial charge in [0.2, 0.25) is 0 Å². The number of nitriles is 1. The number of hydrogen-bond acceptors (Lipinski definition) is 3. The maximum absolute atomic E-state index is 8.49. The quantitative estimate of drug-likeness (QED) is 0.580. The van der Waals surface area contributed by atoms with Crippen molar-refractivity contribution in [3.8, 4) is 6.07 Å². The van der Waals surface area contributed by atoms with E-state index < -0.39 is 0 Å². The summed E-state index contributed by atoms with van der Waals surface area (Å²) in [5.74, 6) is 0.664. The van der Waals surface area contributed by atoms with Crippen molar-refractivity contribution in [2.24, 2.45) is 5.92 Å². The van der Waals surface area contributed by atoms with Crippen LogP contribution in [0.1, 0.15) is 20.3 Å². The Labute approximate surface area is 80.3 Å². The zero-order valence-corrected chi connectivity index (χ0v) is 8.49. The molecule has 13 heavy (non-hydrogen) atoms. The summed E-state index contributed by atoms with van der Waals surface area (Å²) in [5, 5.41) is 8.49. The van der Waals surface area contributed by atoms with Gasteiger partial charge in [-0.05, 0) is 5.92 Å². The molecule has 3 heteroatoms. The molecule has 3 nitrogen and oxygen atoms in total. The van der Waals surface area contributed by atoms with Crippen molar-refractivity contribution in [2.75, 3.05) is 26.2 Å². The molecule has 1 aliphatic heterocycles. The van der Waals surface area contributed by atoms with E-state index in [0.717, 1.165) is 26.2 Å². The summed E-state index contributed by atoms with van der Waals surface area (Å²) in [6.45, 7) is 8.26. The predicted molar refractivity (Wildman–Crippen MR) is 51.2 cm³/mol. The SMILES string of the molecule is CC(C)CN(CCC#N)CC1CO1. The summed E-state index contributed by atoms with van der Waals surface area (Å²) in [6, 6.07) is 2.18. The van der Waals surface area contributed by atoms with Crippen LogP contribution in [-0.2, 0) is 4.74 Å². The van der Waals surface area contributed by atoms with Crippen LogP contribution in [0.5, 0.6) is 0 Å². The highest BCUT2D eigenvalue weighted by atomic mass is 16.6. The van der Waals surface area contributed by atoms with Gasteiger partial charge in [0.1, 0.15) is 0 Å². The molecule has 1 saturated heterocycles. The minimum absolute atomic E-state index is 0.442. The van der Waals surface area contributed by atoms with Crippen LogP contribution in [0.15, 0.2) is 0 Å². The highest BCUT2D eigenvalue weighted by molar-refractivity contribution is 4.78. The van der Waals surface area contributed by atoms with Gasteiger partial charge in [-0.2, -0.15) is 5.26 Å². The molecule has 0 radical (unpaired) electrons. The average Bonchev–Trinajstić information content (AvgIpc) is 2.83. The lowest BCUT2D eigenvalue weighted by atomic mass is 10.2. The average molecular weight is 182 g/mol. The number of ether oxygens (including phenoxy) is 1. The van der Waals surface area contributed by atoms with Gasteiger partial charge < -0.3 is 4.74 Å². The highest BCUT2D eigenvalue weighted by Gasteiger charge is 2.25. The number of rotatable bonds is 6. The second-order valence-corrected chi connectivity index (χ2v) is 4.02. The molecule has 0 N–H and O–H groups in total. The Hall–Kier alpha value is -0.590. The van der Waals surface area contributed by atoms with Gasteiger partial charge in [-0.15, -0.1) is 0 Å². The van der Waals surface area contributed by atoms with E-state index in [-0.39, 0.29) is 0 Å². The third kappa shape index (κ3) is 4.87. The van der Waals surface area contributed by atoms with E-state index in [1.165, 1.54) is 0 Å². The predicted octanol–water partition coefficient (Wildman–Crippen LogP) is 1.26. The molecule has 1 unspecified atom stereocenters. The van der Waals surface area contributed by atoms with Crippen LogP contribution >= 0.6 is 0 Å². The van der Waals surface area contributed by atoms with Gasteiger partial charge in [0.15, 0.2) is 0 Å². The first-order chi connectivity index (χ1) is 6.22. The third-order valence-electron chi connectivity index (χ3n) is 2.03. The van der Waals surface area contributed by atoms with Crippen molar-refractivity contribution in [3.05, 3.63) is 0 Å². The Morgan fingerprint density at radius 1 is 1.62 bits per heavy atom. The molecule has 0 aliphatic carbocycles. The normalized spacial score (nSPS) is 20.7. The molecule has 0 aromatic heterocycles. The van der Waals surface area contributed by atoms with Crippen molar-refractivity contribution in [1.29, 1.82) is 5.26 Å². The third-order valence-corrected chi connectivity index (χ3v) is 2.03. The van der Waals surface area contributed by atoms with E-state index in [2.05, 4.69) is 24.8 Å². The van der Waals surface area contributed by atoms with E-state index in [1.54, 1.807) is 0 Å². The van der Waals surface area contributed by atoms with Gasteiger partial charge in [0, 0.05) is 26.1 Å². The molecule has 74 valence electrons. The van der Waals surface area contributed by atoms with Crippen LogP contribution in [0.4, 0.5) is 0 Å². The minimum atomic E-state index is 0.442. The van der Waals surface area contributed by atoms with Crippen molar-refractivity contribution in [2.45, 2.75) is 26.4 Å². The Balaban J connectivity index is 2.20. The molecule has 1 atom stereocenters. The number of epoxide rings is 1. The minimum Gasteiger partial charge on any atom is -0.372 e. The first-order valence-corrected chi connectivity index (χ1v) is 4.93. The lowest BCUT2D eigenvalue weighted by molar-refractivity contribution is 0.223. The second-order valence-electron chi connectivity index (χ2n) is 4.02. The van der Waals surface area contributed by atoms with E-state index in [0.29, 0.717) is 18.4 Å². The summed E-state index contributed by atoms with van der Waals surface area (Å²) >= 11 is 0. The summed E-state index contributed by atoms with van der Waals surface area (Å²) in [6.07, 6.45) is 1.07. The Morgan fingerprint density at radius 2 is 2.31 bits per heavy atom. The molecule has 1 aliphatic rings. The fourth-order valence-electron chi connectivity index (χ4n) is 1.44. The molecule has 0 amide bonds. The topological polar surface area (TPSA) is 39.6 Å². The molecule has 0 saturated carbocycles. The lowest BCUT2D eigenvalue weighted by Crippen LogP contribution is -2.32. The van der Waals surface area contributed by atoms with Gasteiger partial charge in [-0.25, -0.2) is 0 Å². The molecular weight excluding hydrogens is 164 g/mol.